The lowest BCUT2D eigenvalue weighted by molar-refractivity contribution is 0.478. The third-order valence-corrected chi connectivity index (χ3v) is 4.76. The van der Waals surface area contributed by atoms with Gasteiger partial charge in [0.1, 0.15) is 29.3 Å². The zero-order chi connectivity index (χ0) is 20.0. The van der Waals surface area contributed by atoms with Gasteiger partial charge in [0.2, 0.25) is 0 Å². The minimum absolute atomic E-state index is 0.00328. The summed E-state index contributed by atoms with van der Waals surface area (Å²) in [5, 5.41) is 31.7. The van der Waals surface area contributed by atoms with Crippen LogP contribution >= 0.6 is 0 Å². The van der Waals surface area contributed by atoms with Gasteiger partial charge in [-0.25, -0.2) is 4.98 Å². The van der Waals surface area contributed by atoms with Gasteiger partial charge in [-0.05, 0) is 22.9 Å². The Morgan fingerprint density at radius 3 is 2.36 bits per heavy atom. The van der Waals surface area contributed by atoms with E-state index in [0.717, 1.165) is 10.8 Å². The molecule has 7 nitrogen and oxygen atoms in total. The van der Waals surface area contributed by atoms with Crippen LogP contribution in [0.2, 0.25) is 0 Å². The smallest absolute Gasteiger partial charge is 0.144 e. The Morgan fingerprint density at radius 1 is 0.929 bits per heavy atom. The van der Waals surface area contributed by atoms with Crippen molar-refractivity contribution < 1.29 is 5.11 Å². The highest BCUT2D eigenvalue weighted by molar-refractivity contribution is 6.11. The lowest BCUT2D eigenvalue weighted by Gasteiger charge is -2.16. The number of nitrogen functional groups attached to an aromatic ring is 3. The van der Waals surface area contributed by atoms with Crippen molar-refractivity contribution in [2.75, 3.05) is 17.2 Å². The van der Waals surface area contributed by atoms with Crippen LogP contribution in [0.5, 0.6) is 5.75 Å². The molecule has 1 heterocycles. The highest BCUT2D eigenvalue weighted by Crippen LogP contribution is 2.43. The Kier molecular flexibility index (Phi) is 3.66. The van der Waals surface area contributed by atoms with E-state index in [2.05, 4.69) is 11.1 Å². The van der Waals surface area contributed by atoms with Crippen molar-refractivity contribution in [3.05, 3.63) is 53.6 Å². The van der Waals surface area contributed by atoms with Crippen molar-refractivity contribution in [1.82, 2.24) is 4.98 Å². The quantitative estimate of drug-likeness (QED) is 0.376. The summed E-state index contributed by atoms with van der Waals surface area (Å²) in [6, 6.07) is 16.4. The number of hydrogen-bond donors (Lipinski definition) is 4. The second kappa shape index (κ2) is 6.04. The van der Waals surface area contributed by atoms with Gasteiger partial charge in [-0.2, -0.15) is 10.5 Å². The van der Waals surface area contributed by atoms with Crippen LogP contribution in [0.3, 0.4) is 0 Å². The number of anilines is 3. The number of aromatic hydroxyl groups is 1. The first kappa shape index (κ1) is 17.0. The van der Waals surface area contributed by atoms with Gasteiger partial charge in [-0.15, -0.1) is 0 Å². The Bertz CT molecular complexity index is 1380. The first-order chi connectivity index (χ1) is 13.5. The molecule has 134 valence electrons. The summed E-state index contributed by atoms with van der Waals surface area (Å²) in [6.45, 7) is 0. The Hall–Kier alpha value is -4.49. The van der Waals surface area contributed by atoms with Crippen molar-refractivity contribution in [2.24, 2.45) is 0 Å². The van der Waals surface area contributed by atoms with Crippen LogP contribution in [-0.4, -0.2) is 10.1 Å². The predicted molar refractivity (Wildman–Crippen MR) is 109 cm³/mol. The molecule has 7 heteroatoms. The van der Waals surface area contributed by atoms with Crippen LogP contribution in [0, 0.1) is 22.7 Å². The first-order valence-corrected chi connectivity index (χ1v) is 8.30. The molecule has 0 bridgehead atoms. The van der Waals surface area contributed by atoms with Gasteiger partial charge in [-0.1, -0.05) is 30.3 Å². The van der Waals surface area contributed by atoms with Crippen molar-refractivity contribution in [3.63, 3.8) is 0 Å². The number of hydrogen-bond acceptors (Lipinski definition) is 7. The van der Waals surface area contributed by atoms with Crippen molar-refractivity contribution >= 4 is 38.9 Å². The topological polar surface area (TPSA) is 159 Å². The molecule has 0 saturated carbocycles. The molecule has 0 radical (unpaired) electrons. The fourth-order valence-corrected chi connectivity index (χ4v) is 3.49. The molecule has 4 aromatic rings. The lowest BCUT2D eigenvalue weighted by atomic mass is 9.91. The first-order valence-electron chi connectivity index (χ1n) is 8.30. The van der Waals surface area contributed by atoms with E-state index in [1.165, 1.54) is 0 Å². The Morgan fingerprint density at radius 2 is 1.64 bits per heavy atom. The van der Waals surface area contributed by atoms with E-state index in [0.29, 0.717) is 16.5 Å². The van der Waals surface area contributed by atoms with Gasteiger partial charge in [0.15, 0.2) is 0 Å². The predicted octanol–water partition coefficient (Wildman–Crippen LogP) is 3.25. The number of nitrogens with zero attached hydrogens (tertiary/aromatic N) is 3. The van der Waals surface area contributed by atoms with Crippen molar-refractivity contribution in [3.8, 4) is 29.0 Å². The third-order valence-electron chi connectivity index (χ3n) is 4.76. The lowest BCUT2D eigenvalue weighted by Crippen LogP contribution is -2.05. The molecule has 0 atom stereocenters. The third kappa shape index (κ3) is 2.24. The van der Waals surface area contributed by atoms with E-state index in [4.69, 9.17) is 17.2 Å². The van der Waals surface area contributed by atoms with E-state index >= 15 is 0 Å². The van der Waals surface area contributed by atoms with E-state index in [9.17, 15) is 15.6 Å². The summed E-state index contributed by atoms with van der Waals surface area (Å²) >= 11 is 0. The molecule has 0 aliphatic heterocycles. The maximum absolute atomic E-state index is 10.6. The molecular weight excluding hydrogens is 352 g/mol. The fourth-order valence-electron chi connectivity index (χ4n) is 3.49. The summed E-state index contributed by atoms with van der Waals surface area (Å²) < 4.78 is 0. The molecule has 0 fully saturated rings. The minimum Gasteiger partial charge on any atom is -0.507 e. The average molecular weight is 366 g/mol. The summed E-state index contributed by atoms with van der Waals surface area (Å²) in [4.78, 5) is 4.23. The van der Waals surface area contributed by atoms with Crippen LogP contribution in [-0.2, 0) is 0 Å². The Labute approximate surface area is 159 Å². The number of benzene rings is 3. The molecule has 0 unspecified atom stereocenters. The highest BCUT2D eigenvalue weighted by Gasteiger charge is 2.22. The number of pyridine rings is 1. The maximum atomic E-state index is 10.6. The number of nitrogens with two attached hydrogens (primary N) is 3. The fraction of sp³-hybridized carbons (Fsp3) is 0. The summed E-state index contributed by atoms with van der Waals surface area (Å²) in [5.41, 5.74) is 19.7. The van der Waals surface area contributed by atoms with E-state index in [1.54, 1.807) is 18.2 Å². The standard InChI is InChI=1S/C21H14N6O/c22-8-13-12(17-11-4-2-1-3-10(11)5-6-16(17)28)7-15(24)18-19(25)14(9-23)21(26)27-20(13)18/h1-7,28H,24H2,(H4,25,26,27). The molecule has 0 spiro atoms. The van der Waals surface area contributed by atoms with Gasteiger partial charge in [0, 0.05) is 22.2 Å². The van der Waals surface area contributed by atoms with Crippen molar-refractivity contribution in [2.45, 2.75) is 0 Å². The number of nitriles is 2. The molecule has 3 aromatic carbocycles. The van der Waals surface area contributed by atoms with E-state index in [-0.39, 0.29) is 39.6 Å². The molecule has 0 amide bonds. The highest BCUT2D eigenvalue weighted by atomic mass is 16.3. The molecule has 4 rings (SSSR count). The number of rotatable bonds is 1. The molecular formula is C21H14N6O. The molecule has 0 aliphatic carbocycles. The SMILES string of the molecule is N#Cc1c(N)nc2c(C#N)c(-c3c(O)ccc4ccccc34)cc(N)c2c1N. The van der Waals surface area contributed by atoms with E-state index < -0.39 is 0 Å². The van der Waals surface area contributed by atoms with Gasteiger partial charge in [-0.3, -0.25) is 0 Å². The average Bonchev–Trinajstić information content (AvgIpc) is 2.67. The molecule has 28 heavy (non-hydrogen) atoms. The summed E-state index contributed by atoms with van der Waals surface area (Å²) in [7, 11) is 0. The molecule has 0 aliphatic rings. The monoisotopic (exact) mass is 366 g/mol. The zero-order valence-corrected chi connectivity index (χ0v) is 14.6. The zero-order valence-electron chi connectivity index (χ0n) is 14.6. The van der Waals surface area contributed by atoms with Crippen LogP contribution in [0.15, 0.2) is 42.5 Å². The number of phenolic OH excluding ortho intramolecular Hbond substituents is 1. The summed E-state index contributed by atoms with van der Waals surface area (Å²) in [5.74, 6) is -0.0776. The van der Waals surface area contributed by atoms with Crippen LogP contribution in [0.1, 0.15) is 11.1 Å². The molecule has 1 aromatic heterocycles. The second-order valence-corrected chi connectivity index (χ2v) is 6.30. The number of phenols is 1. The van der Waals surface area contributed by atoms with Crippen LogP contribution in [0.4, 0.5) is 17.2 Å². The van der Waals surface area contributed by atoms with Gasteiger partial charge >= 0.3 is 0 Å². The van der Waals surface area contributed by atoms with Gasteiger partial charge in [0.05, 0.1) is 16.8 Å². The van der Waals surface area contributed by atoms with Crippen LogP contribution < -0.4 is 17.2 Å². The normalized spacial score (nSPS) is 10.6. The molecule has 7 N–H and O–H groups in total. The van der Waals surface area contributed by atoms with Crippen LogP contribution in [0.25, 0.3) is 32.8 Å². The number of aromatic nitrogens is 1. The minimum atomic E-state index is -0.0808. The number of fused-ring (bicyclic) bond motifs is 2. The van der Waals surface area contributed by atoms with Crippen molar-refractivity contribution in [1.29, 1.82) is 10.5 Å². The Balaban J connectivity index is 2.22. The van der Waals surface area contributed by atoms with E-state index in [1.807, 2.05) is 30.3 Å². The van der Waals surface area contributed by atoms with Gasteiger partial charge in [0.25, 0.3) is 0 Å². The second-order valence-electron chi connectivity index (χ2n) is 6.30. The summed E-state index contributed by atoms with van der Waals surface area (Å²) in [6.07, 6.45) is 0. The maximum Gasteiger partial charge on any atom is 0.144 e. The van der Waals surface area contributed by atoms with Gasteiger partial charge < -0.3 is 22.3 Å². The molecule has 0 saturated heterocycles. The largest absolute Gasteiger partial charge is 0.507 e.